The molecule has 3 aromatic heterocycles. The SMILES string of the molecule is Cc1c(C#N)c(NC(=O)CSc2nnc(-c3cccnc3)n2C2CC2)n(C[C@H]2CCCO2)c1C. The van der Waals surface area contributed by atoms with Gasteiger partial charge < -0.3 is 14.6 Å². The number of rotatable bonds is 8. The molecule has 0 bridgehead atoms. The lowest BCUT2D eigenvalue weighted by Crippen LogP contribution is -2.22. The van der Waals surface area contributed by atoms with Crippen LogP contribution in [0.3, 0.4) is 0 Å². The predicted molar refractivity (Wildman–Crippen MR) is 128 cm³/mol. The molecule has 0 aromatic carbocycles. The van der Waals surface area contributed by atoms with Crippen molar-refractivity contribution in [3.8, 4) is 17.5 Å². The summed E-state index contributed by atoms with van der Waals surface area (Å²) in [7, 11) is 0. The van der Waals surface area contributed by atoms with E-state index in [2.05, 4.69) is 31.1 Å². The van der Waals surface area contributed by atoms with E-state index >= 15 is 0 Å². The van der Waals surface area contributed by atoms with Gasteiger partial charge in [-0.25, -0.2) is 0 Å². The molecule has 0 radical (unpaired) electrons. The smallest absolute Gasteiger partial charge is 0.235 e. The normalized spacial score (nSPS) is 17.6. The second-order valence-corrected chi connectivity index (χ2v) is 9.72. The van der Waals surface area contributed by atoms with E-state index in [1.165, 1.54) is 11.8 Å². The third-order valence-electron chi connectivity index (χ3n) is 6.44. The number of nitrogens with zero attached hydrogens (tertiary/aromatic N) is 6. The average Bonchev–Trinajstić information content (AvgIpc) is 3.30. The molecule has 9 nitrogen and oxygen atoms in total. The first-order chi connectivity index (χ1) is 16.6. The minimum atomic E-state index is -0.180. The highest BCUT2D eigenvalue weighted by Gasteiger charge is 2.31. The van der Waals surface area contributed by atoms with E-state index in [1.807, 2.05) is 30.5 Å². The molecule has 1 aliphatic heterocycles. The molecular weight excluding hydrogens is 450 g/mol. The number of hydrogen-bond donors (Lipinski definition) is 1. The van der Waals surface area contributed by atoms with Crippen molar-refractivity contribution in [3.05, 3.63) is 41.3 Å². The fraction of sp³-hybridized carbons (Fsp3) is 0.458. The summed E-state index contributed by atoms with van der Waals surface area (Å²) in [6.45, 7) is 5.29. The molecule has 1 saturated heterocycles. The average molecular weight is 478 g/mol. The van der Waals surface area contributed by atoms with Gasteiger partial charge in [0.15, 0.2) is 11.0 Å². The zero-order valence-electron chi connectivity index (χ0n) is 19.3. The van der Waals surface area contributed by atoms with Gasteiger partial charge in [-0.15, -0.1) is 10.2 Å². The molecule has 0 spiro atoms. The van der Waals surface area contributed by atoms with Crippen molar-refractivity contribution in [3.63, 3.8) is 0 Å². The zero-order valence-corrected chi connectivity index (χ0v) is 20.1. The van der Waals surface area contributed by atoms with Crippen LogP contribution in [0.1, 0.15) is 48.5 Å². The summed E-state index contributed by atoms with van der Waals surface area (Å²) < 4.78 is 9.93. The number of hydrogen-bond acceptors (Lipinski definition) is 7. The highest BCUT2D eigenvalue weighted by atomic mass is 32.2. The number of nitrogens with one attached hydrogen (secondary N) is 1. The lowest BCUT2D eigenvalue weighted by Gasteiger charge is -2.17. The molecule has 1 atom stereocenters. The topological polar surface area (TPSA) is 111 Å². The minimum Gasteiger partial charge on any atom is -0.376 e. The molecule has 176 valence electrons. The number of aromatic nitrogens is 5. The van der Waals surface area contributed by atoms with Crippen LogP contribution in [0.5, 0.6) is 0 Å². The van der Waals surface area contributed by atoms with E-state index in [4.69, 9.17) is 4.74 Å². The van der Waals surface area contributed by atoms with Crippen LogP contribution in [0, 0.1) is 25.2 Å². The maximum Gasteiger partial charge on any atom is 0.235 e. The molecule has 2 aliphatic rings. The molecule has 5 rings (SSSR count). The molecule has 3 aromatic rings. The van der Waals surface area contributed by atoms with Gasteiger partial charge in [0.2, 0.25) is 5.91 Å². The van der Waals surface area contributed by atoms with Crippen molar-refractivity contribution in [2.45, 2.75) is 63.4 Å². The Bertz CT molecular complexity index is 1230. The maximum atomic E-state index is 13.0. The van der Waals surface area contributed by atoms with Gasteiger partial charge in [-0.2, -0.15) is 5.26 Å². The van der Waals surface area contributed by atoms with Gasteiger partial charge in [0.05, 0.1) is 24.0 Å². The monoisotopic (exact) mass is 477 g/mol. The largest absolute Gasteiger partial charge is 0.376 e. The predicted octanol–water partition coefficient (Wildman–Crippen LogP) is 3.87. The van der Waals surface area contributed by atoms with Crippen LogP contribution < -0.4 is 5.32 Å². The summed E-state index contributed by atoms with van der Waals surface area (Å²) in [5.41, 5.74) is 3.28. The molecule has 34 heavy (non-hydrogen) atoms. The number of pyridine rings is 1. The molecule has 1 aliphatic carbocycles. The lowest BCUT2D eigenvalue weighted by atomic mass is 10.2. The standard InChI is InChI=1S/C24H27N7O2S/c1-15-16(2)30(13-19-6-4-10-33-19)23(20(15)11-25)27-21(32)14-34-24-29-28-22(31(24)18-7-8-18)17-5-3-9-26-12-17/h3,5,9,12,18-19H,4,6-8,10,13-14H2,1-2H3,(H,27,32)/t19-/m1/s1. The molecule has 4 heterocycles. The van der Waals surface area contributed by atoms with Crippen LogP contribution in [-0.2, 0) is 16.1 Å². The molecular formula is C24H27N7O2S. The number of nitriles is 1. The molecule has 1 amide bonds. The first-order valence-electron chi connectivity index (χ1n) is 11.6. The zero-order chi connectivity index (χ0) is 23.7. The van der Waals surface area contributed by atoms with Crippen molar-refractivity contribution < 1.29 is 9.53 Å². The Hall–Kier alpha value is -3.16. The number of carbonyl (C=O) groups is 1. The van der Waals surface area contributed by atoms with Gasteiger partial charge in [-0.1, -0.05) is 11.8 Å². The highest BCUT2D eigenvalue weighted by Crippen LogP contribution is 2.41. The summed E-state index contributed by atoms with van der Waals surface area (Å²) in [6.07, 6.45) is 7.78. The van der Waals surface area contributed by atoms with E-state index in [-0.39, 0.29) is 17.8 Å². The second kappa shape index (κ2) is 9.60. The van der Waals surface area contributed by atoms with Gasteiger partial charge in [-0.05, 0) is 57.2 Å². The second-order valence-electron chi connectivity index (χ2n) is 8.78. The van der Waals surface area contributed by atoms with Gasteiger partial charge >= 0.3 is 0 Å². The number of thioether (sulfide) groups is 1. The van der Waals surface area contributed by atoms with Gasteiger partial charge in [0.25, 0.3) is 0 Å². The third-order valence-corrected chi connectivity index (χ3v) is 7.38. The van der Waals surface area contributed by atoms with Crippen molar-refractivity contribution >= 4 is 23.5 Å². The highest BCUT2D eigenvalue weighted by molar-refractivity contribution is 7.99. The molecule has 1 N–H and O–H groups in total. The molecule has 1 saturated carbocycles. The van der Waals surface area contributed by atoms with E-state index in [0.29, 0.717) is 24.0 Å². The lowest BCUT2D eigenvalue weighted by molar-refractivity contribution is -0.113. The Labute approximate surface area is 202 Å². The molecule has 10 heteroatoms. The first kappa shape index (κ1) is 22.6. The van der Waals surface area contributed by atoms with Crippen molar-refractivity contribution in [2.75, 3.05) is 17.7 Å². The Morgan fingerprint density at radius 3 is 2.85 bits per heavy atom. The van der Waals surface area contributed by atoms with Gasteiger partial charge in [-0.3, -0.25) is 14.3 Å². The summed E-state index contributed by atoms with van der Waals surface area (Å²) in [6, 6.07) is 6.47. The van der Waals surface area contributed by atoms with Gasteiger partial charge in [0.1, 0.15) is 11.9 Å². The van der Waals surface area contributed by atoms with Crippen LogP contribution >= 0.6 is 11.8 Å². The first-order valence-corrected chi connectivity index (χ1v) is 12.5. The van der Waals surface area contributed by atoms with Crippen molar-refractivity contribution in [1.29, 1.82) is 5.26 Å². The maximum absolute atomic E-state index is 13.0. The number of ether oxygens (including phenoxy) is 1. The van der Waals surface area contributed by atoms with Crippen molar-refractivity contribution in [1.82, 2.24) is 24.3 Å². The summed E-state index contributed by atoms with van der Waals surface area (Å²) in [5.74, 6) is 1.33. The number of anilines is 1. The minimum absolute atomic E-state index is 0.102. The van der Waals surface area contributed by atoms with E-state index in [9.17, 15) is 10.1 Å². The Morgan fingerprint density at radius 2 is 2.18 bits per heavy atom. The Morgan fingerprint density at radius 1 is 1.32 bits per heavy atom. The number of amides is 1. The van der Waals surface area contributed by atoms with E-state index in [0.717, 1.165) is 60.1 Å². The Kier molecular flexibility index (Phi) is 6.39. The van der Waals surface area contributed by atoms with Crippen LogP contribution in [-0.4, -0.2) is 48.7 Å². The fourth-order valence-corrected chi connectivity index (χ4v) is 5.18. The van der Waals surface area contributed by atoms with Crippen LogP contribution in [0.2, 0.25) is 0 Å². The molecule has 0 unspecified atom stereocenters. The van der Waals surface area contributed by atoms with Crippen LogP contribution in [0.4, 0.5) is 5.82 Å². The third kappa shape index (κ3) is 4.45. The summed E-state index contributed by atoms with van der Waals surface area (Å²) in [5, 5.41) is 22.2. The van der Waals surface area contributed by atoms with E-state index < -0.39 is 0 Å². The quantitative estimate of drug-likeness (QED) is 0.490. The fourth-order valence-electron chi connectivity index (χ4n) is 4.38. The molecule has 2 fully saturated rings. The Balaban J connectivity index is 1.33. The van der Waals surface area contributed by atoms with E-state index in [1.54, 1.807) is 12.4 Å². The van der Waals surface area contributed by atoms with Crippen LogP contribution in [0.15, 0.2) is 29.7 Å². The number of carbonyl (C=O) groups excluding carboxylic acids is 1. The summed E-state index contributed by atoms with van der Waals surface area (Å²) in [4.78, 5) is 17.2. The summed E-state index contributed by atoms with van der Waals surface area (Å²) >= 11 is 1.36. The van der Waals surface area contributed by atoms with Crippen LogP contribution in [0.25, 0.3) is 11.4 Å². The van der Waals surface area contributed by atoms with Crippen molar-refractivity contribution in [2.24, 2.45) is 0 Å². The van der Waals surface area contributed by atoms with Gasteiger partial charge in [0, 0.05) is 36.3 Å².